The number of aldehydes is 3. The van der Waals surface area contributed by atoms with E-state index >= 15 is 0 Å². The highest BCUT2D eigenvalue weighted by atomic mass is 16.6. The first kappa shape index (κ1) is 32.5. The van der Waals surface area contributed by atoms with E-state index in [-0.39, 0.29) is 11.6 Å². The molecule has 0 aliphatic rings. The molecule has 0 aliphatic carbocycles. The third kappa shape index (κ3) is 21.0. The van der Waals surface area contributed by atoms with Crippen molar-refractivity contribution < 1.29 is 19.3 Å². The van der Waals surface area contributed by atoms with E-state index in [1.165, 1.54) is 63.2 Å². The summed E-state index contributed by atoms with van der Waals surface area (Å²) in [6.45, 7) is 8.42. The van der Waals surface area contributed by atoms with Crippen LogP contribution in [0.4, 0.5) is 5.69 Å². The topological polar surface area (TPSA) is 94.3 Å². The first-order chi connectivity index (χ1) is 15.9. The number of carbonyl (C=O) groups excluding carboxylic acids is 3. The zero-order chi connectivity index (χ0) is 25.3. The minimum Gasteiger partial charge on any atom is -0.303 e. The first-order valence-corrected chi connectivity index (χ1v) is 12.1. The summed E-state index contributed by atoms with van der Waals surface area (Å²) in [7, 11) is 0. The molecular weight excluding hydrogens is 418 g/mol. The normalized spacial score (nSPS) is 11.9. The summed E-state index contributed by atoms with van der Waals surface area (Å²) in [5, 5.41) is 10.5. The van der Waals surface area contributed by atoms with E-state index in [2.05, 4.69) is 20.8 Å². The molecular formula is C27H43NO5. The van der Waals surface area contributed by atoms with Crippen molar-refractivity contribution in [1.29, 1.82) is 0 Å². The van der Waals surface area contributed by atoms with Crippen LogP contribution < -0.4 is 0 Å². The van der Waals surface area contributed by atoms with Crippen LogP contribution in [-0.2, 0) is 14.4 Å². The van der Waals surface area contributed by atoms with Gasteiger partial charge in [0, 0.05) is 18.4 Å². The lowest BCUT2D eigenvalue weighted by Gasteiger charge is -2.02. The molecule has 0 amide bonds. The summed E-state index contributed by atoms with van der Waals surface area (Å²) in [6, 6.07) is 6.23. The number of benzene rings is 1. The Morgan fingerprint density at radius 1 is 0.939 bits per heavy atom. The number of carbonyl (C=O) groups is 3. The standard InChI is InChI=1S/C12H24O.C9H7NO3.C6H12O/c1-3-4-5-6-7-8-9-10-12(2)11-13;11-7-3-5-8-4-1-2-6-9(8)10(12)13;1-3-6(2)4-5-7/h11-12H,3-10H2,1-2H3;1-7H;5-6H,3-4H2,1-2H3. The number of nitro benzene ring substituents is 1. The molecule has 6 heteroatoms. The molecule has 33 heavy (non-hydrogen) atoms. The van der Waals surface area contributed by atoms with Gasteiger partial charge in [0.1, 0.15) is 18.9 Å². The molecule has 0 saturated carbocycles. The molecule has 0 fully saturated rings. The van der Waals surface area contributed by atoms with Gasteiger partial charge in [0.15, 0.2) is 0 Å². The Morgan fingerprint density at radius 2 is 1.55 bits per heavy atom. The first-order valence-electron chi connectivity index (χ1n) is 12.1. The molecule has 0 N–H and O–H groups in total. The molecule has 2 unspecified atom stereocenters. The summed E-state index contributed by atoms with van der Waals surface area (Å²) >= 11 is 0. The fourth-order valence-corrected chi connectivity index (χ4v) is 2.76. The van der Waals surface area contributed by atoms with Crippen LogP contribution in [0, 0.1) is 22.0 Å². The second-order valence-corrected chi connectivity index (χ2v) is 8.25. The fraction of sp³-hybridized carbons (Fsp3) is 0.593. The SMILES string of the molecule is CCC(C)CC=O.CCCCCCCCCC(C)C=O.O=CC=Cc1ccccc1[N+](=O)[O-]. The largest absolute Gasteiger partial charge is 0.303 e. The third-order valence-corrected chi connectivity index (χ3v) is 5.18. The van der Waals surface area contributed by atoms with Crippen LogP contribution in [0.5, 0.6) is 0 Å². The van der Waals surface area contributed by atoms with Gasteiger partial charge in [0.2, 0.25) is 0 Å². The van der Waals surface area contributed by atoms with Crippen molar-refractivity contribution in [2.75, 3.05) is 0 Å². The van der Waals surface area contributed by atoms with Crippen molar-refractivity contribution in [2.24, 2.45) is 11.8 Å². The Morgan fingerprint density at radius 3 is 2.03 bits per heavy atom. The number of para-hydroxylation sites is 1. The molecule has 0 saturated heterocycles. The minimum atomic E-state index is -0.482. The van der Waals surface area contributed by atoms with Gasteiger partial charge in [-0.1, -0.05) is 91.2 Å². The highest BCUT2D eigenvalue weighted by Crippen LogP contribution is 2.18. The van der Waals surface area contributed by atoms with Crippen LogP contribution >= 0.6 is 0 Å². The number of unbranched alkanes of at least 4 members (excludes halogenated alkanes) is 6. The van der Waals surface area contributed by atoms with Crippen molar-refractivity contribution in [3.63, 3.8) is 0 Å². The average Bonchev–Trinajstić information content (AvgIpc) is 2.83. The summed E-state index contributed by atoms with van der Waals surface area (Å²) in [5.74, 6) is 0.855. The Balaban J connectivity index is 0. The molecule has 6 nitrogen and oxygen atoms in total. The number of nitro groups is 1. The van der Waals surface area contributed by atoms with E-state index in [0.717, 1.165) is 31.8 Å². The summed E-state index contributed by atoms with van der Waals surface area (Å²) in [6.07, 6.45) is 17.5. The van der Waals surface area contributed by atoms with E-state index in [1.807, 2.05) is 6.92 Å². The van der Waals surface area contributed by atoms with Gasteiger partial charge in [-0.25, -0.2) is 0 Å². The fourth-order valence-electron chi connectivity index (χ4n) is 2.76. The Hall–Kier alpha value is -2.63. The van der Waals surface area contributed by atoms with Crippen LogP contribution in [0.1, 0.15) is 97.5 Å². The van der Waals surface area contributed by atoms with Gasteiger partial charge in [-0.2, -0.15) is 0 Å². The lowest BCUT2D eigenvalue weighted by Crippen LogP contribution is -1.94. The lowest BCUT2D eigenvalue weighted by atomic mass is 10.0. The van der Waals surface area contributed by atoms with Crippen LogP contribution in [0.2, 0.25) is 0 Å². The Labute approximate surface area is 200 Å². The number of rotatable bonds is 15. The maximum Gasteiger partial charge on any atom is 0.276 e. The smallest absolute Gasteiger partial charge is 0.276 e. The van der Waals surface area contributed by atoms with Crippen LogP contribution in [0.15, 0.2) is 30.3 Å². The number of hydrogen-bond donors (Lipinski definition) is 0. The van der Waals surface area contributed by atoms with Crippen LogP contribution in [0.3, 0.4) is 0 Å². The van der Waals surface area contributed by atoms with Crippen LogP contribution in [-0.4, -0.2) is 23.8 Å². The number of allylic oxidation sites excluding steroid dienone is 1. The predicted octanol–water partition coefficient (Wildman–Crippen LogP) is 7.39. The highest BCUT2D eigenvalue weighted by molar-refractivity contribution is 5.76. The molecule has 0 aromatic heterocycles. The summed E-state index contributed by atoms with van der Waals surface area (Å²) in [4.78, 5) is 40.1. The van der Waals surface area contributed by atoms with E-state index in [4.69, 9.17) is 0 Å². The predicted molar refractivity (Wildman–Crippen MR) is 136 cm³/mol. The number of nitrogens with zero attached hydrogens (tertiary/aromatic N) is 1. The minimum absolute atomic E-state index is 0.000556. The van der Waals surface area contributed by atoms with E-state index in [1.54, 1.807) is 18.2 Å². The van der Waals surface area contributed by atoms with Crippen LogP contribution in [0.25, 0.3) is 6.08 Å². The molecule has 186 valence electrons. The van der Waals surface area contributed by atoms with Crippen molar-refractivity contribution in [3.05, 3.63) is 46.0 Å². The third-order valence-electron chi connectivity index (χ3n) is 5.18. The second-order valence-electron chi connectivity index (χ2n) is 8.25. The van der Waals surface area contributed by atoms with Crippen molar-refractivity contribution in [3.8, 4) is 0 Å². The Kier molecular flexibility index (Phi) is 23.7. The number of hydrogen-bond acceptors (Lipinski definition) is 5. The quantitative estimate of drug-likeness (QED) is 0.0892. The molecule has 0 spiro atoms. The molecule has 1 aromatic rings. The highest BCUT2D eigenvalue weighted by Gasteiger charge is 2.08. The van der Waals surface area contributed by atoms with Gasteiger partial charge >= 0.3 is 0 Å². The average molecular weight is 462 g/mol. The molecule has 2 atom stereocenters. The lowest BCUT2D eigenvalue weighted by molar-refractivity contribution is -0.385. The van der Waals surface area contributed by atoms with Crippen molar-refractivity contribution in [2.45, 2.75) is 91.9 Å². The van der Waals surface area contributed by atoms with E-state index in [9.17, 15) is 24.5 Å². The molecule has 1 rings (SSSR count). The molecule has 0 bridgehead atoms. The van der Waals surface area contributed by atoms with Crippen molar-refractivity contribution >= 4 is 30.6 Å². The molecule has 1 aromatic carbocycles. The second kappa shape index (κ2) is 24.0. The van der Waals surface area contributed by atoms with Gasteiger partial charge < -0.3 is 9.59 Å². The van der Waals surface area contributed by atoms with Gasteiger partial charge in [-0.15, -0.1) is 0 Å². The molecule has 0 heterocycles. The molecule has 0 aliphatic heterocycles. The Bertz CT molecular complexity index is 672. The van der Waals surface area contributed by atoms with E-state index in [0.29, 0.717) is 17.8 Å². The maximum absolute atomic E-state index is 10.5. The monoisotopic (exact) mass is 461 g/mol. The van der Waals surface area contributed by atoms with Gasteiger partial charge in [0.05, 0.1) is 10.5 Å². The van der Waals surface area contributed by atoms with Gasteiger partial charge in [-0.05, 0) is 30.6 Å². The van der Waals surface area contributed by atoms with Gasteiger partial charge in [0.25, 0.3) is 5.69 Å². The maximum atomic E-state index is 10.5. The summed E-state index contributed by atoms with van der Waals surface area (Å²) in [5.41, 5.74) is 0.431. The zero-order valence-electron chi connectivity index (χ0n) is 20.9. The molecule has 0 radical (unpaired) electrons. The van der Waals surface area contributed by atoms with Gasteiger partial charge in [-0.3, -0.25) is 14.9 Å². The van der Waals surface area contributed by atoms with Crippen molar-refractivity contribution in [1.82, 2.24) is 0 Å². The van der Waals surface area contributed by atoms with E-state index < -0.39 is 4.92 Å². The summed E-state index contributed by atoms with van der Waals surface area (Å²) < 4.78 is 0. The zero-order valence-corrected chi connectivity index (χ0v) is 20.9.